The zero-order valence-electron chi connectivity index (χ0n) is 17.9. The van der Waals surface area contributed by atoms with Crippen LogP contribution >= 0.6 is 23.1 Å². The molecule has 1 amide bonds. The number of rotatable bonds is 7. The molecule has 0 aliphatic rings. The molecule has 0 aliphatic carbocycles. The molecule has 0 bridgehead atoms. The van der Waals surface area contributed by atoms with E-state index in [1.807, 2.05) is 34.6 Å². The molecule has 0 radical (unpaired) electrons. The van der Waals surface area contributed by atoms with E-state index in [4.69, 9.17) is 4.98 Å². The van der Waals surface area contributed by atoms with Gasteiger partial charge in [-0.05, 0) is 52.3 Å². The van der Waals surface area contributed by atoms with E-state index >= 15 is 0 Å². The first-order chi connectivity index (χ1) is 14.3. The van der Waals surface area contributed by atoms with Gasteiger partial charge < -0.3 is 4.90 Å². The number of aryl methyl sites for hydroxylation is 1. The highest BCUT2D eigenvalue weighted by Gasteiger charge is 2.24. The van der Waals surface area contributed by atoms with E-state index < -0.39 is 0 Å². The number of aromatic nitrogens is 2. The fraction of sp³-hybridized carbons (Fsp3) is 0.409. The van der Waals surface area contributed by atoms with Crippen molar-refractivity contribution in [3.05, 3.63) is 45.3 Å². The van der Waals surface area contributed by atoms with Gasteiger partial charge >= 0.3 is 0 Å². The maximum Gasteiger partial charge on any atom is 0.263 e. The van der Waals surface area contributed by atoms with E-state index in [9.17, 15) is 14.0 Å². The summed E-state index contributed by atoms with van der Waals surface area (Å²) in [7, 11) is 0. The summed E-state index contributed by atoms with van der Waals surface area (Å²) in [6.07, 6.45) is 0. The number of thiophene rings is 1. The van der Waals surface area contributed by atoms with Gasteiger partial charge in [0.05, 0.1) is 10.6 Å². The lowest BCUT2D eigenvalue weighted by atomic mass is 10.0. The van der Waals surface area contributed by atoms with Crippen molar-refractivity contribution in [2.75, 3.05) is 13.1 Å². The number of hydrogen-bond acceptors (Lipinski definition) is 5. The van der Waals surface area contributed by atoms with Gasteiger partial charge in [-0.15, -0.1) is 11.3 Å². The van der Waals surface area contributed by atoms with Gasteiger partial charge in [0.15, 0.2) is 5.16 Å². The average molecular weight is 448 g/mol. The third-order valence-corrected chi connectivity index (χ3v) is 7.18. The van der Waals surface area contributed by atoms with Crippen molar-refractivity contribution in [1.82, 2.24) is 14.5 Å². The Bertz CT molecular complexity index is 1120. The Labute approximate surface area is 183 Å². The molecule has 30 heavy (non-hydrogen) atoms. The zero-order valence-corrected chi connectivity index (χ0v) is 19.5. The summed E-state index contributed by atoms with van der Waals surface area (Å²) >= 11 is 2.77. The molecule has 3 aromatic rings. The molecular formula is C22H26FN3O2S2. The number of amides is 1. The van der Waals surface area contributed by atoms with Crippen molar-refractivity contribution in [3.8, 4) is 11.1 Å². The summed E-state index contributed by atoms with van der Waals surface area (Å²) in [6.45, 7) is 11.4. The van der Waals surface area contributed by atoms with Crippen LogP contribution in [0.1, 0.15) is 32.6 Å². The number of hydrogen-bond donors (Lipinski definition) is 0. The van der Waals surface area contributed by atoms with E-state index in [2.05, 4.69) is 0 Å². The minimum absolute atomic E-state index is 0.0383. The Morgan fingerprint density at radius 2 is 1.87 bits per heavy atom. The molecule has 0 fully saturated rings. The molecule has 0 aliphatic heterocycles. The van der Waals surface area contributed by atoms with Crippen LogP contribution in [0.25, 0.3) is 21.3 Å². The number of thioether (sulfide) groups is 1. The maximum absolute atomic E-state index is 13.4. The first-order valence-electron chi connectivity index (χ1n) is 10.1. The number of carbonyl (C=O) groups is 1. The Hall–Kier alpha value is -2.19. The van der Waals surface area contributed by atoms with Crippen molar-refractivity contribution in [3.63, 3.8) is 0 Å². The van der Waals surface area contributed by atoms with E-state index in [1.54, 1.807) is 21.6 Å². The van der Waals surface area contributed by atoms with Gasteiger partial charge in [-0.3, -0.25) is 14.2 Å². The standard InChI is InChI=1S/C22H26FN3O2S2/c1-6-25(7-2)20(27)14(5)30-22-24-19-18(21(28)26(22)8-3)17(13(4)29-19)15-9-11-16(23)12-10-15/h9-12,14H,6-8H2,1-5H3. The van der Waals surface area contributed by atoms with Crippen molar-refractivity contribution in [2.24, 2.45) is 0 Å². The van der Waals surface area contributed by atoms with Crippen LogP contribution in [0.4, 0.5) is 4.39 Å². The minimum Gasteiger partial charge on any atom is -0.342 e. The van der Waals surface area contributed by atoms with Crippen LogP contribution in [0, 0.1) is 12.7 Å². The Morgan fingerprint density at radius 3 is 2.43 bits per heavy atom. The molecule has 160 valence electrons. The van der Waals surface area contributed by atoms with Crippen LogP contribution in [0.5, 0.6) is 0 Å². The van der Waals surface area contributed by atoms with E-state index in [-0.39, 0.29) is 22.5 Å². The second kappa shape index (κ2) is 9.31. The third-order valence-electron chi connectivity index (χ3n) is 5.11. The van der Waals surface area contributed by atoms with Crippen molar-refractivity contribution in [2.45, 2.75) is 51.6 Å². The predicted molar refractivity (Wildman–Crippen MR) is 123 cm³/mol. The first-order valence-corrected chi connectivity index (χ1v) is 11.8. The molecule has 5 nitrogen and oxygen atoms in total. The van der Waals surface area contributed by atoms with Gasteiger partial charge in [0, 0.05) is 30.1 Å². The summed E-state index contributed by atoms with van der Waals surface area (Å²) < 4.78 is 15.0. The van der Waals surface area contributed by atoms with Crippen molar-refractivity contribution in [1.29, 1.82) is 0 Å². The summed E-state index contributed by atoms with van der Waals surface area (Å²) in [5, 5.41) is 0.762. The summed E-state index contributed by atoms with van der Waals surface area (Å²) in [5.41, 5.74) is 1.47. The molecule has 2 heterocycles. The zero-order chi connectivity index (χ0) is 22.0. The second-order valence-corrected chi connectivity index (χ2v) is 9.45. The molecule has 0 saturated heterocycles. The largest absolute Gasteiger partial charge is 0.342 e. The molecule has 1 atom stereocenters. The molecule has 0 spiro atoms. The molecular weight excluding hydrogens is 421 g/mol. The third kappa shape index (κ3) is 4.16. The lowest BCUT2D eigenvalue weighted by Gasteiger charge is -2.22. The fourth-order valence-electron chi connectivity index (χ4n) is 3.51. The highest BCUT2D eigenvalue weighted by molar-refractivity contribution is 8.00. The summed E-state index contributed by atoms with van der Waals surface area (Å²) in [4.78, 5) is 34.2. The monoisotopic (exact) mass is 447 g/mol. The van der Waals surface area contributed by atoms with Crippen LogP contribution in [0.15, 0.2) is 34.2 Å². The molecule has 0 N–H and O–H groups in total. The van der Waals surface area contributed by atoms with Crippen molar-refractivity contribution < 1.29 is 9.18 Å². The lowest BCUT2D eigenvalue weighted by molar-refractivity contribution is -0.129. The molecule has 1 unspecified atom stereocenters. The van der Waals surface area contributed by atoms with Gasteiger partial charge in [0.25, 0.3) is 5.56 Å². The van der Waals surface area contributed by atoms with E-state index in [0.717, 1.165) is 16.0 Å². The van der Waals surface area contributed by atoms with Crippen LogP contribution < -0.4 is 5.56 Å². The van der Waals surface area contributed by atoms with Crippen LogP contribution in [0.3, 0.4) is 0 Å². The Morgan fingerprint density at radius 1 is 1.23 bits per heavy atom. The van der Waals surface area contributed by atoms with Crippen molar-refractivity contribution >= 4 is 39.2 Å². The van der Waals surface area contributed by atoms with Gasteiger partial charge in [-0.1, -0.05) is 23.9 Å². The molecule has 8 heteroatoms. The topological polar surface area (TPSA) is 55.2 Å². The molecule has 3 rings (SSSR count). The van der Waals surface area contributed by atoms with Gasteiger partial charge in [0.1, 0.15) is 10.6 Å². The highest BCUT2D eigenvalue weighted by Crippen LogP contribution is 2.37. The normalized spacial score (nSPS) is 12.3. The van der Waals surface area contributed by atoms with Crippen LogP contribution in [-0.4, -0.2) is 38.7 Å². The quantitative estimate of drug-likeness (QED) is 0.380. The number of nitrogens with zero attached hydrogens (tertiary/aromatic N) is 3. The van der Waals surface area contributed by atoms with E-state index in [1.165, 1.54) is 35.2 Å². The SMILES string of the molecule is CCN(CC)C(=O)C(C)Sc1nc2sc(C)c(-c3ccc(F)cc3)c2c(=O)n1CC. The van der Waals surface area contributed by atoms with Gasteiger partial charge in [-0.25, -0.2) is 9.37 Å². The number of benzene rings is 1. The fourth-order valence-corrected chi connectivity index (χ4v) is 5.65. The molecule has 0 saturated carbocycles. The second-order valence-electron chi connectivity index (χ2n) is 6.93. The van der Waals surface area contributed by atoms with Crippen LogP contribution in [-0.2, 0) is 11.3 Å². The lowest BCUT2D eigenvalue weighted by Crippen LogP contribution is -2.36. The Kier molecular flexibility index (Phi) is 6.98. The highest BCUT2D eigenvalue weighted by atomic mass is 32.2. The number of fused-ring (bicyclic) bond motifs is 1. The molecule has 1 aromatic carbocycles. The average Bonchev–Trinajstić information content (AvgIpc) is 3.05. The summed E-state index contributed by atoms with van der Waals surface area (Å²) in [5.74, 6) is -0.276. The predicted octanol–water partition coefficient (Wildman–Crippen LogP) is 4.94. The number of carbonyl (C=O) groups excluding carboxylic acids is 1. The van der Waals surface area contributed by atoms with Crippen LogP contribution in [0.2, 0.25) is 0 Å². The minimum atomic E-state index is -0.343. The maximum atomic E-state index is 13.4. The number of halogens is 1. The summed E-state index contributed by atoms with van der Waals surface area (Å²) in [6, 6.07) is 6.17. The van der Waals surface area contributed by atoms with E-state index in [0.29, 0.717) is 35.0 Å². The van der Waals surface area contributed by atoms with Gasteiger partial charge in [0.2, 0.25) is 5.91 Å². The molecule has 2 aromatic heterocycles. The first kappa shape index (κ1) is 22.5. The smallest absolute Gasteiger partial charge is 0.263 e. The van der Waals surface area contributed by atoms with Gasteiger partial charge in [-0.2, -0.15) is 0 Å². The Balaban J connectivity index is 2.10.